The molecule has 6 nitrogen and oxygen atoms in total. The van der Waals surface area contributed by atoms with Crippen LogP contribution in [0.5, 0.6) is 5.75 Å². The molecule has 0 radical (unpaired) electrons. The Morgan fingerprint density at radius 1 is 1.59 bits per heavy atom. The van der Waals surface area contributed by atoms with Gasteiger partial charge in [-0.25, -0.2) is 0 Å². The number of non-ortho nitro benzene ring substituents is 1. The van der Waals surface area contributed by atoms with Gasteiger partial charge in [0.1, 0.15) is 11.7 Å². The first-order valence-electron chi connectivity index (χ1n) is 4.77. The maximum atomic E-state index is 11.8. The first-order chi connectivity index (χ1) is 8.01. The molecule has 1 rings (SSSR count). The van der Waals surface area contributed by atoms with E-state index in [4.69, 9.17) is 10.00 Å². The van der Waals surface area contributed by atoms with Gasteiger partial charge in [0, 0.05) is 6.07 Å². The minimum absolute atomic E-state index is 0.103. The Labute approximate surface area is 97.6 Å². The molecule has 0 fully saturated rings. The highest BCUT2D eigenvalue weighted by molar-refractivity contribution is 6.01. The predicted octanol–water partition coefficient (Wildman–Crippen LogP) is 1.95. The summed E-state index contributed by atoms with van der Waals surface area (Å²) >= 11 is 0. The van der Waals surface area contributed by atoms with Gasteiger partial charge in [-0.1, -0.05) is 0 Å². The molecule has 1 aromatic rings. The monoisotopic (exact) mass is 234 g/mol. The summed E-state index contributed by atoms with van der Waals surface area (Å²) in [6.45, 7) is 1.46. The van der Waals surface area contributed by atoms with Gasteiger partial charge in [-0.3, -0.25) is 14.9 Å². The Bertz CT molecular complexity index is 505. The molecule has 0 aromatic heterocycles. The highest BCUT2D eigenvalue weighted by Crippen LogP contribution is 2.26. The first kappa shape index (κ1) is 12.6. The molecule has 17 heavy (non-hydrogen) atoms. The fraction of sp³-hybridized carbons (Fsp3) is 0.273. The van der Waals surface area contributed by atoms with E-state index >= 15 is 0 Å². The van der Waals surface area contributed by atoms with E-state index in [1.54, 1.807) is 0 Å². The van der Waals surface area contributed by atoms with Crippen LogP contribution < -0.4 is 4.74 Å². The van der Waals surface area contributed by atoms with Gasteiger partial charge < -0.3 is 4.74 Å². The van der Waals surface area contributed by atoms with Gasteiger partial charge in [0.15, 0.2) is 5.78 Å². The van der Waals surface area contributed by atoms with Crippen LogP contribution in [-0.2, 0) is 0 Å². The molecule has 0 aliphatic rings. The van der Waals surface area contributed by atoms with Crippen molar-refractivity contribution in [1.29, 1.82) is 5.26 Å². The SMILES string of the molecule is COc1cc([N+](=O)[O-])ccc1C(=O)C(C)C#N. The normalized spacial score (nSPS) is 11.4. The van der Waals surface area contributed by atoms with Gasteiger partial charge >= 0.3 is 0 Å². The van der Waals surface area contributed by atoms with Crippen molar-refractivity contribution in [3.05, 3.63) is 33.9 Å². The maximum absolute atomic E-state index is 11.8. The second-order valence-corrected chi connectivity index (χ2v) is 3.36. The van der Waals surface area contributed by atoms with Gasteiger partial charge in [0.05, 0.1) is 29.7 Å². The van der Waals surface area contributed by atoms with E-state index in [0.717, 1.165) is 6.07 Å². The topological polar surface area (TPSA) is 93.2 Å². The van der Waals surface area contributed by atoms with Crippen molar-refractivity contribution in [2.45, 2.75) is 6.92 Å². The van der Waals surface area contributed by atoms with Crippen LogP contribution in [0.4, 0.5) is 5.69 Å². The summed E-state index contributed by atoms with van der Waals surface area (Å²) < 4.78 is 4.92. The number of carbonyl (C=O) groups excluding carboxylic acids is 1. The van der Waals surface area contributed by atoms with Crippen LogP contribution in [-0.4, -0.2) is 17.8 Å². The Balaban J connectivity index is 3.23. The highest BCUT2D eigenvalue weighted by atomic mass is 16.6. The lowest BCUT2D eigenvalue weighted by molar-refractivity contribution is -0.384. The van der Waals surface area contributed by atoms with Crippen LogP contribution in [0.25, 0.3) is 0 Å². The molecule has 0 aliphatic carbocycles. The summed E-state index contributed by atoms with van der Waals surface area (Å²) in [5.74, 6) is -1.13. The van der Waals surface area contributed by atoms with Gasteiger partial charge in [0.25, 0.3) is 5.69 Å². The van der Waals surface area contributed by atoms with E-state index in [0.29, 0.717) is 0 Å². The quantitative estimate of drug-likeness (QED) is 0.451. The van der Waals surface area contributed by atoms with E-state index in [-0.39, 0.29) is 17.0 Å². The molecule has 0 bridgehead atoms. The molecule has 1 atom stereocenters. The number of hydrogen-bond donors (Lipinski definition) is 0. The molecule has 0 spiro atoms. The molecule has 1 aromatic carbocycles. The third-order valence-electron chi connectivity index (χ3n) is 2.25. The average Bonchev–Trinajstić information content (AvgIpc) is 2.35. The van der Waals surface area contributed by atoms with Crippen LogP contribution in [0.2, 0.25) is 0 Å². The smallest absolute Gasteiger partial charge is 0.273 e. The van der Waals surface area contributed by atoms with E-state index in [2.05, 4.69) is 0 Å². The van der Waals surface area contributed by atoms with Crippen molar-refractivity contribution in [2.75, 3.05) is 7.11 Å². The lowest BCUT2D eigenvalue weighted by atomic mass is 9.99. The van der Waals surface area contributed by atoms with Crippen LogP contribution in [0.15, 0.2) is 18.2 Å². The lowest BCUT2D eigenvalue weighted by Gasteiger charge is -2.08. The Hall–Kier alpha value is -2.42. The standard InChI is InChI=1S/C11H10N2O4/c1-7(6-12)11(14)9-4-3-8(13(15)16)5-10(9)17-2/h3-5,7H,1-2H3. The second-order valence-electron chi connectivity index (χ2n) is 3.36. The summed E-state index contributed by atoms with van der Waals surface area (Å²) in [4.78, 5) is 21.7. The number of nitro benzene ring substituents is 1. The number of hydrogen-bond acceptors (Lipinski definition) is 5. The molecule has 6 heteroatoms. The zero-order valence-electron chi connectivity index (χ0n) is 9.34. The number of methoxy groups -OCH3 is 1. The van der Waals surface area contributed by atoms with E-state index in [1.165, 1.54) is 26.2 Å². The average molecular weight is 234 g/mol. The van der Waals surface area contributed by atoms with Gasteiger partial charge in [0.2, 0.25) is 0 Å². The maximum Gasteiger partial charge on any atom is 0.273 e. The zero-order chi connectivity index (χ0) is 13.0. The summed E-state index contributed by atoms with van der Waals surface area (Å²) in [6.07, 6.45) is 0. The number of Topliss-reactive ketones (excluding diaryl/α,β-unsaturated/α-hetero) is 1. The highest BCUT2D eigenvalue weighted by Gasteiger charge is 2.20. The van der Waals surface area contributed by atoms with Crippen molar-refractivity contribution in [3.8, 4) is 11.8 Å². The van der Waals surface area contributed by atoms with Gasteiger partial charge in [-0.2, -0.15) is 5.26 Å². The largest absolute Gasteiger partial charge is 0.496 e. The number of nitriles is 1. The van der Waals surface area contributed by atoms with E-state index in [9.17, 15) is 14.9 Å². The Morgan fingerprint density at radius 3 is 2.71 bits per heavy atom. The number of nitrogens with zero attached hydrogens (tertiary/aromatic N) is 2. The number of nitro groups is 1. The second kappa shape index (κ2) is 5.07. The fourth-order valence-corrected chi connectivity index (χ4v) is 1.29. The van der Waals surface area contributed by atoms with Gasteiger partial charge in [-0.05, 0) is 13.0 Å². The van der Waals surface area contributed by atoms with Crippen molar-refractivity contribution in [2.24, 2.45) is 5.92 Å². The Morgan fingerprint density at radius 2 is 2.24 bits per heavy atom. The Kier molecular flexibility index (Phi) is 3.78. The molecule has 1 unspecified atom stereocenters. The third-order valence-corrected chi connectivity index (χ3v) is 2.25. The summed E-state index contributed by atoms with van der Waals surface area (Å²) in [6, 6.07) is 5.48. The first-order valence-corrected chi connectivity index (χ1v) is 4.77. The van der Waals surface area contributed by atoms with Crippen molar-refractivity contribution >= 4 is 11.5 Å². The van der Waals surface area contributed by atoms with Crippen molar-refractivity contribution in [3.63, 3.8) is 0 Å². The van der Waals surface area contributed by atoms with Crippen LogP contribution >= 0.6 is 0 Å². The van der Waals surface area contributed by atoms with Crippen LogP contribution in [0.3, 0.4) is 0 Å². The van der Waals surface area contributed by atoms with Crippen molar-refractivity contribution in [1.82, 2.24) is 0 Å². The molecule has 0 heterocycles. The molecule has 0 aliphatic heterocycles. The molecule has 0 saturated heterocycles. The number of ether oxygens (including phenoxy) is 1. The molecular formula is C11H10N2O4. The lowest BCUT2D eigenvalue weighted by Crippen LogP contribution is -2.10. The summed E-state index contributed by atoms with van der Waals surface area (Å²) in [7, 11) is 1.31. The van der Waals surface area contributed by atoms with Crippen LogP contribution in [0.1, 0.15) is 17.3 Å². The molecule has 88 valence electrons. The van der Waals surface area contributed by atoms with E-state index in [1.807, 2.05) is 6.07 Å². The number of rotatable bonds is 4. The summed E-state index contributed by atoms with van der Waals surface area (Å²) in [5.41, 5.74) is 0.00941. The van der Waals surface area contributed by atoms with Crippen LogP contribution in [0, 0.1) is 27.4 Å². The number of benzene rings is 1. The van der Waals surface area contributed by atoms with Crippen molar-refractivity contribution < 1.29 is 14.5 Å². The molecule has 0 N–H and O–H groups in total. The zero-order valence-corrected chi connectivity index (χ0v) is 9.34. The van der Waals surface area contributed by atoms with Gasteiger partial charge in [-0.15, -0.1) is 0 Å². The number of ketones is 1. The minimum atomic E-state index is -0.814. The summed E-state index contributed by atoms with van der Waals surface area (Å²) in [5, 5.41) is 19.2. The molecule has 0 amide bonds. The molecular weight excluding hydrogens is 224 g/mol. The van der Waals surface area contributed by atoms with E-state index < -0.39 is 16.6 Å². The fourth-order valence-electron chi connectivity index (χ4n) is 1.29. The third kappa shape index (κ3) is 2.58. The minimum Gasteiger partial charge on any atom is -0.496 e. The molecule has 0 saturated carbocycles. The predicted molar refractivity (Wildman–Crippen MR) is 58.8 cm³/mol. The number of carbonyl (C=O) groups is 1.